The molecular formula is C19H34OSi2. The van der Waals surface area contributed by atoms with Crippen molar-refractivity contribution in [1.29, 1.82) is 0 Å². The SMILES string of the molecule is CC(C)[Si]1(C(C)C)Cc2ccc(C(C)(C)C)cc2[Si](C)(C)O1. The molecule has 0 unspecified atom stereocenters. The Morgan fingerprint density at radius 2 is 1.55 bits per heavy atom. The number of benzene rings is 1. The average Bonchev–Trinajstić information content (AvgIpc) is 2.35. The van der Waals surface area contributed by atoms with Crippen molar-refractivity contribution in [2.45, 2.75) is 84.1 Å². The molecule has 0 N–H and O–H groups in total. The summed E-state index contributed by atoms with van der Waals surface area (Å²) in [5.74, 6) is 0. The minimum absolute atomic E-state index is 0.210. The van der Waals surface area contributed by atoms with E-state index in [9.17, 15) is 0 Å². The highest BCUT2D eigenvalue weighted by molar-refractivity contribution is 6.95. The second-order valence-corrected chi connectivity index (χ2v) is 18.1. The molecule has 2 rings (SSSR count). The zero-order chi connectivity index (χ0) is 16.9. The molecule has 0 aliphatic carbocycles. The van der Waals surface area contributed by atoms with Crippen LogP contribution < -0.4 is 5.19 Å². The number of fused-ring (bicyclic) bond motifs is 1. The molecule has 0 radical (unpaired) electrons. The van der Waals surface area contributed by atoms with Crippen LogP contribution in [-0.2, 0) is 15.6 Å². The van der Waals surface area contributed by atoms with Gasteiger partial charge in [-0.1, -0.05) is 66.7 Å². The van der Waals surface area contributed by atoms with Gasteiger partial charge in [-0.2, -0.15) is 0 Å². The van der Waals surface area contributed by atoms with Gasteiger partial charge >= 0.3 is 0 Å². The molecule has 0 spiro atoms. The summed E-state index contributed by atoms with van der Waals surface area (Å²) in [7, 11) is -3.55. The van der Waals surface area contributed by atoms with Crippen LogP contribution in [0.25, 0.3) is 0 Å². The lowest BCUT2D eigenvalue weighted by Crippen LogP contribution is -2.64. The Hall–Kier alpha value is -0.386. The van der Waals surface area contributed by atoms with Gasteiger partial charge in [-0.3, -0.25) is 0 Å². The fourth-order valence-electron chi connectivity index (χ4n) is 3.93. The Morgan fingerprint density at radius 3 is 2.00 bits per heavy atom. The van der Waals surface area contributed by atoms with Crippen LogP contribution in [-0.4, -0.2) is 16.6 Å². The molecule has 1 aromatic rings. The van der Waals surface area contributed by atoms with E-state index in [1.807, 2.05) is 0 Å². The third-order valence-electron chi connectivity index (χ3n) is 5.49. The van der Waals surface area contributed by atoms with Gasteiger partial charge in [0.25, 0.3) is 0 Å². The summed E-state index contributed by atoms with van der Waals surface area (Å²) in [5, 5.41) is 1.55. The van der Waals surface area contributed by atoms with E-state index in [1.165, 1.54) is 11.6 Å². The first-order valence-electron chi connectivity index (χ1n) is 8.74. The number of hydrogen-bond donors (Lipinski definition) is 0. The number of rotatable bonds is 2. The number of hydrogen-bond acceptors (Lipinski definition) is 1. The summed E-state index contributed by atoms with van der Waals surface area (Å²) < 4.78 is 7.06. The molecule has 1 aliphatic rings. The first kappa shape index (κ1) is 18.0. The van der Waals surface area contributed by atoms with Crippen molar-refractivity contribution in [1.82, 2.24) is 0 Å². The molecule has 124 valence electrons. The molecule has 0 fully saturated rings. The summed E-state index contributed by atoms with van der Waals surface area (Å²) in [6, 6.07) is 8.42. The molecule has 0 bridgehead atoms. The molecule has 3 heteroatoms. The first-order valence-corrected chi connectivity index (χ1v) is 13.9. The van der Waals surface area contributed by atoms with Crippen molar-refractivity contribution in [3.05, 3.63) is 29.3 Å². The fourth-order valence-corrected chi connectivity index (χ4v) is 15.0. The largest absolute Gasteiger partial charge is 0.451 e. The second-order valence-electron chi connectivity index (χ2n) is 9.18. The highest BCUT2D eigenvalue weighted by atomic mass is 28.4. The third-order valence-corrected chi connectivity index (χ3v) is 15.7. The summed E-state index contributed by atoms with van der Waals surface area (Å²) >= 11 is 0. The third kappa shape index (κ3) is 3.00. The summed E-state index contributed by atoms with van der Waals surface area (Å²) in [6.45, 7) is 21.2. The van der Waals surface area contributed by atoms with Gasteiger partial charge in [0.15, 0.2) is 8.32 Å². The molecule has 1 aliphatic heterocycles. The van der Waals surface area contributed by atoms with Crippen LogP contribution in [0.15, 0.2) is 18.2 Å². The molecule has 1 nitrogen and oxygen atoms in total. The zero-order valence-electron chi connectivity index (χ0n) is 16.0. The maximum atomic E-state index is 7.06. The molecule has 1 heterocycles. The molecule has 0 atom stereocenters. The van der Waals surface area contributed by atoms with Crippen molar-refractivity contribution in [3.8, 4) is 0 Å². The van der Waals surface area contributed by atoms with Crippen LogP contribution in [0.1, 0.15) is 59.6 Å². The van der Waals surface area contributed by atoms with Gasteiger partial charge in [0.1, 0.15) is 0 Å². The molecule has 22 heavy (non-hydrogen) atoms. The van der Waals surface area contributed by atoms with E-state index in [0.717, 1.165) is 0 Å². The van der Waals surface area contributed by atoms with E-state index >= 15 is 0 Å². The first-order chi connectivity index (χ1) is 9.90. The Morgan fingerprint density at radius 1 is 1.00 bits per heavy atom. The summed E-state index contributed by atoms with van der Waals surface area (Å²) in [6.07, 6.45) is 0. The van der Waals surface area contributed by atoms with Gasteiger partial charge in [-0.05, 0) is 51.9 Å². The molecular weight excluding hydrogens is 300 g/mol. The maximum Gasteiger partial charge on any atom is 0.206 e. The monoisotopic (exact) mass is 334 g/mol. The molecule has 1 aromatic carbocycles. The van der Waals surface area contributed by atoms with Crippen molar-refractivity contribution < 1.29 is 4.12 Å². The Bertz CT molecular complexity index is 545. The normalized spacial score (nSPS) is 20.3. The maximum absolute atomic E-state index is 7.06. The van der Waals surface area contributed by atoms with Crippen LogP contribution in [0.4, 0.5) is 0 Å². The van der Waals surface area contributed by atoms with Crippen molar-refractivity contribution >= 4 is 21.8 Å². The molecule has 0 saturated carbocycles. The Labute approximate surface area is 139 Å². The predicted octanol–water partition coefficient (Wildman–Crippen LogP) is 5.27. The smallest absolute Gasteiger partial charge is 0.206 e. The topological polar surface area (TPSA) is 9.23 Å². The second kappa shape index (κ2) is 5.61. The van der Waals surface area contributed by atoms with Gasteiger partial charge in [0.05, 0.1) is 0 Å². The van der Waals surface area contributed by atoms with E-state index < -0.39 is 16.6 Å². The van der Waals surface area contributed by atoms with Gasteiger partial charge in [0, 0.05) is 0 Å². The Balaban J connectivity index is 2.57. The van der Waals surface area contributed by atoms with E-state index in [-0.39, 0.29) is 5.41 Å². The standard InChI is InChI=1S/C19H34OSi2/c1-14(2)22(15(3)4)13-16-10-11-17(19(5,6)7)12-18(16)21(8,9)20-22/h10-12,14-15H,13H2,1-9H3. The minimum atomic E-state index is -1.82. The highest BCUT2D eigenvalue weighted by Gasteiger charge is 2.51. The summed E-state index contributed by atoms with van der Waals surface area (Å²) in [4.78, 5) is 0. The zero-order valence-corrected chi connectivity index (χ0v) is 18.0. The quantitative estimate of drug-likeness (QED) is 0.669. The van der Waals surface area contributed by atoms with Crippen LogP contribution in [0.5, 0.6) is 0 Å². The predicted molar refractivity (Wildman–Crippen MR) is 103 cm³/mol. The molecule has 0 saturated heterocycles. The lowest BCUT2D eigenvalue weighted by atomic mass is 9.87. The van der Waals surface area contributed by atoms with Crippen molar-refractivity contribution in [2.24, 2.45) is 0 Å². The van der Waals surface area contributed by atoms with E-state index in [0.29, 0.717) is 11.1 Å². The van der Waals surface area contributed by atoms with E-state index in [1.54, 1.807) is 10.8 Å². The van der Waals surface area contributed by atoms with Crippen molar-refractivity contribution in [2.75, 3.05) is 0 Å². The van der Waals surface area contributed by atoms with E-state index in [4.69, 9.17) is 4.12 Å². The van der Waals surface area contributed by atoms with Crippen LogP contribution in [0.2, 0.25) is 24.2 Å². The van der Waals surface area contributed by atoms with Gasteiger partial charge in [-0.15, -0.1) is 0 Å². The summed E-state index contributed by atoms with van der Waals surface area (Å²) in [5.41, 5.74) is 4.59. The minimum Gasteiger partial charge on any atom is -0.451 e. The molecule has 0 amide bonds. The van der Waals surface area contributed by atoms with Crippen LogP contribution >= 0.6 is 0 Å². The lowest BCUT2D eigenvalue weighted by molar-refractivity contribution is 0.491. The van der Waals surface area contributed by atoms with Gasteiger partial charge < -0.3 is 4.12 Å². The van der Waals surface area contributed by atoms with Gasteiger partial charge in [0.2, 0.25) is 8.32 Å². The van der Waals surface area contributed by atoms with Crippen LogP contribution in [0, 0.1) is 0 Å². The fraction of sp³-hybridized carbons (Fsp3) is 0.684. The van der Waals surface area contributed by atoms with Crippen molar-refractivity contribution in [3.63, 3.8) is 0 Å². The van der Waals surface area contributed by atoms with E-state index in [2.05, 4.69) is 79.8 Å². The highest BCUT2D eigenvalue weighted by Crippen LogP contribution is 2.41. The average molecular weight is 335 g/mol. The molecule has 0 aromatic heterocycles. The Kier molecular flexibility index (Phi) is 4.58. The lowest BCUT2D eigenvalue weighted by Gasteiger charge is -2.49. The van der Waals surface area contributed by atoms with Gasteiger partial charge in [-0.25, -0.2) is 0 Å². The van der Waals surface area contributed by atoms with Crippen LogP contribution in [0.3, 0.4) is 0 Å².